The van der Waals surface area contributed by atoms with E-state index < -0.39 is 29.2 Å². The maximum Gasteiger partial charge on any atom is 0.418 e. The van der Waals surface area contributed by atoms with Crippen LogP contribution in [0.4, 0.5) is 24.5 Å². The third-order valence-corrected chi connectivity index (χ3v) is 4.30. The predicted octanol–water partition coefficient (Wildman–Crippen LogP) is 5.08. The van der Waals surface area contributed by atoms with Gasteiger partial charge in [0.1, 0.15) is 0 Å². The lowest BCUT2D eigenvalue weighted by Gasteiger charge is -2.16. The fourth-order valence-electron chi connectivity index (χ4n) is 2.98. The Hall–Kier alpha value is -3.42. The lowest BCUT2D eigenvalue weighted by atomic mass is 10.1. The van der Waals surface area contributed by atoms with E-state index in [0.717, 1.165) is 23.1 Å². The highest BCUT2D eigenvalue weighted by atomic mass is 19.4. The van der Waals surface area contributed by atoms with E-state index in [1.54, 1.807) is 13.0 Å². The first-order valence-corrected chi connectivity index (χ1v) is 8.73. The van der Waals surface area contributed by atoms with Crippen molar-refractivity contribution in [1.29, 1.82) is 0 Å². The van der Waals surface area contributed by atoms with Crippen molar-refractivity contribution in [3.05, 3.63) is 64.8 Å². The molecule has 8 heteroatoms. The largest absolute Gasteiger partial charge is 0.418 e. The van der Waals surface area contributed by atoms with Crippen molar-refractivity contribution in [3.63, 3.8) is 0 Å². The molecule has 2 aromatic carbocycles. The van der Waals surface area contributed by atoms with Crippen molar-refractivity contribution >= 4 is 34.1 Å². The second kappa shape index (κ2) is 7.54. The summed E-state index contributed by atoms with van der Waals surface area (Å²) >= 11 is 0. The number of nitrogens with zero attached hydrogens (tertiary/aromatic N) is 1. The molecular formula is C21H18F3N3O2. The third kappa shape index (κ3) is 4.53. The Morgan fingerprint density at radius 1 is 0.966 bits per heavy atom. The van der Waals surface area contributed by atoms with Crippen LogP contribution in [0.2, 0.25) is 0 Å². The number of alkyl halides is 3. The van der Waals surface area contributed by atoms with E-state index in [1.165, 1.54) is 13.0 Å². The molecule has 0 fully saturated rings. The number of nitrogens with one attached hydrogen (secondary N) is 2. The molecule has 0 aliphatic carbocycles. The number of fused-ring (bicyclic) bond motifs is 1. The summed E-state index contributed by atoms with van der Waals surface area (Å²) in [5.41, 5.74) is 0.786. The van der Waals surface area contributed by atoms with Crippen LogP contribution in [-0.2, 0) is 11.0 Å². The van der Waals surface area contributed by atoms with E-state index in [0.29, 0.717) is 11.2 Å². The highest BCUT2D eigenvalue weighted by molar-refractivity contribution is 6.07. The van der Waals surface area contributed by atoms with E-state index in [9.17, 15) is 22.8 Å². The lowest BCUT2D eigenvalue weighted by Crippen LogP contribution is -2.18. The number of aromatic nitrogens is 1. The van der Waals surface area contributed by atoms with Crippen LogP contribution in [0.5, 0.6) is 0 Å². The van der Waals surface area contributed by atoms with E-state index in [1.807, 2.05) is 25.1 Å². The first-order valence-electron chi connectivity index (χ1n) is 8.73. The van der Waals surface area contributed by atoms with Gasteiger partial charge in [-0.25, -0.2) is 0 Å². The maximum atomic E-state index is 13.5. The molecule has 3 rings (SSSR count). The lowest BCUT2D eigenvalue weighted by molar-refractivity contribution is -0.137. The summed E-state index contributed by atoms with van der Waals surface area (Å²) in [4.78, 5) is 28.2. The van der Waals surface area contributed by atoms with Crippen molar-refractivity contribution in [3.8, 4) is 0 Å². The van der Waals surface area contributed by atoms with Gasteiger partial charge in [-0.2, -0.15) is 13.2 Å². The molecule has 150 valence electrons. The van der Waals surface area contributed by atoms with Gasteiger partial charge in [-0.1, -0.05) is 11.6 Å². The van der Waals surface area contributed by atoms with Gasteiger partial charge in [0.2, 0.25) is 5.91 Å². The molecule has 2 amide bonds. The molecule has 0 saturated heterocycles. The number of anilines is 2. The molecule has 29 heavy (non-hydrogen) atoms. The number of pyridine rings is 1. The molecule has 0 radical (unpaired) electrons. The Bertz CT molecular complexity index is 1120. The molecule has 0 aliphatic heterocycles. The minimum absolute atomic E-state index is 0.0122. The van der Waals surface area contributed by atoms with Gasteiger partial charge in [0.15, 0.2) is 0 Å². The van der Waals surface area contributed by atoms with Gasteiger partial charge in [0, 0.05) is 18.0 Å². The highest BCUT2D eigenvalue weighted by Crippen LogP contribution is 2.37. The van der Waals surface area contributed by atoms with Crippen LogP contribution in [0, 0.1) is 13.8 Å². The van der Waals surface area contributed by atoms with E-state index >= 15 is 0 Å². The van der Waals surface area contributed by atoms with Crippen molar-refractivity contribution < 1.29 is 22.8 Å². The second-order valence-corrected chi connectivity index (χ2v) is 6.71. The molecule has 0 spiro atoms. The Labute approximate surface area is 164 Å². The smallest absolute Gasteiger partial charge is 0.326 e. The molecule has 0 saturated carbocycles. The SMILES string of the molecule is CC(=O)Nc1ccc(NC(=O)c2cc3cc(C)ccc3nc2C)c(C(F)(F)F)c1. The normalized spacial score (nSPS) is 11.4. The van der Waals surface area contributed by atoms with Crippen LogP contribution in [-0.4, -0.2) is 16.8 Å². The van der Waals surface area contributed by atoms with Gasteiger partial charge >= 0.3 is 6.18 Å². The molecule has 2 N–H and O–H groups in total. The van der Waals surface area contributed by atoms with Crippen LogP contribution in [0.25, 0.3) is 10.9 Å². The van der Waals surface area contributed by atoms with E-state index in [-0.39, 0.29) is 11.3 Å². The van der Waals surface area contributed by atoms with Gasteiger partial charge < -0.3 is 10.6 Å². The number of benzene rings is 2. The average Bonchev–Trinajstić information content (AvgIpc) is 2.61. The number of aryl methyl sites for hydroxylation is 2. The van der Waals surface area contributed by atoms with Crippen molar-refractivity contribution in [2.24, 2.45) is 0 Å². The van der Waals surface area contributed by atoms with Gasteiger partial charge in [-0.05, 0) is 50.2 Å². The standard InChI is InChI=1S/C21H18F3N3O2/c1-11-4-6-18-14(8-11)9-16(12(2)25-18)20(29)27-19-7-5-15(26-13(3)28)10-17(19)21(22,23)24/h4-10H,1-3H3,(H,26,28)(H,27,29). The van der Waals surface area contributed by atoms with E-state index in [2.05, 4.69) is 15.6 Å². The second-order valence-electron chi connectivity index (χ2n) is 6.71. The number of hydrogen-bond donors (Lipinski definition) is 2. The zero-order chi connectivity index (χ0) is 21.3. The van der Waals surface area contributed by atoms with Crippen molar-refractivity contribution in [1.82, 2.24) is 4.98 Å². The third-order valence-electron chi connectivity index (χ3n) is 4.30. The molecule has 1 heterocycles. The topological polar surface area (TPSA) is 71.1 Å². The molecule has 0 unspecified atom stereocenters. The zero-order valence-electron chi connectivity index (χ0n) is 15.9. The summed E-state index contributed by atoms with van der Waals surface area (Å²) in [6, 6.07) is 10.4. The molecule has 5 nitrogen and oxygen atoms in total. The molecule has 1 aromatic heterocycles. The maximum absolute atomic E-state index is 13.5. The monoisotopic (exact) mass is 401 g/mol. The van der Waals surface area contributed by atoms with E-state index in [4.69, 9.17) is 0 Å². The van der Waals surface area contributed by atoms with Crippen LogP contribution in [0.1, 0.15) is 34.1 Å². The number of hydrogen-bond acceptors (Lipinski definition) is 3. The van der Waals surface area contributed by atoms with Crippen LogP contribution >= 0.6 is 0 Å². The van der Waals surface area contributed by atoms with Crippen LogP contribution < -0.4 is 10.6 Å². The Morgan fingerprint density at radius 2 is 1.69 bits per heavy atom. The Balaban J connectivity index is 1.99. The summed E-state index contributed by atoms with van der Waals surface area (Å²) in [7, 11) is 0. The Kier molecular flexibility index (Phi) is 5.28. The summed E-state index contributed by atoms with van der Waals surface area (Å²) in [6.07, 6.45) is -4.72. The first kappa shape index (κ1) is 20.3. The molecule has 0 bridgehead atoms. The summed E-state index contributed by atoms with van der Waals surface area (Å²) < 4.78 is 40.4. The molecular weight excluding hydrogens is 383 g/mol. The van der Waals surface area contributed by atoms with Gasteiger partial charge in [0.25, 0.3) is 5.91 Å². The van der Waals surface area contributed by atoms with Crippen LogP contribution in [0.3, 0.4) is 0 Å². The first-order chi connectivity index (χ1) is 13.5. The van der Waals surface area contributed by atoms with Gasteiger partial charge in [-0.3, -0.25) is 14.6 Å². The zero-order valence-corrected chi connectivity index (χ0v) is 15.9. The number of carbonyl (C=O) groups excluding carboxylic acids is 2. The molecule has 0 aliphatic rings. The summed E-state index contributed by atoms with van der Waals surface area (Å²) in [5, 5.41) is 5.34. The summed E-state index contributed by atoms with van der Waals surface area (Å²) in [5.74, 6) is -1.20. The molecule has 3 aromatic rings. The minimum Gasteiger partial charge on any atom is -0.326 e. The highest BCUT2D eigenvalue weighted by Gasteiger charge is 2.34. The van der Waals surface area contributed by atoms with Crippen molar-refractivity contribution in [2.45, 2.75) is 26.9 Å². The fraction of sp³-hybridized carbons (Fsp3) is 0.190. The number of halogens is 3. The quantitative estimate of drug-likeness (QED) is 0.643. The average molecular weight is 401 g/mol. The van der Waals surface area contributed by atoms with Crippen LogP contribution in [0.15, 0.2) is 42.5 Å². The number of carbonyl (C=O) groups is 2. The minimum atomic E-state index is -4.72. The molecule has 0 atom stereocenters. The van der Waals surface area contributed by atoms with Crippen molar-refractivity contribution in [2.75, 3.05) is 10.6 Å². The fourth-order valence-corrected chi connectivity index (χ4v) is 2.98. The number of amides is 2. The Morgan fingerprint density at radius 3 is 2.34 bits per heavy atom. The van der Waals surface area contributed by atoms with Gasteiger partial charge in [0.05, 0.1) is 28.0 Å². The van der Waals surface area contributed by atoms with Gasteiger partial charge in [-0.15, -0.1) is 0 Å². The number of rotatable bonds is 3. The summed E-state index contributed by atoms with van der Waals surface area (Å²) in [6.45, 7) is 4.71. The predicted molar refractivity (Wildman–Crippen MR) is 105 cm³/mol.